The highest BCUT2D eigenvalue weighted by Gasteiger charge is 2.46. The first-order valence-corrected chi connectivity index (χ1v) is 12.6. The van der Waals surface area contributed by atoms with Crippen molar-refractivity contribution in [2.45, 2.75) is 95.3 Å². The highest BCUT2D eigenvalue weighted by atomic mass is 16.2. The van der Waals surface area contributed by atoms with Crippen molar-refractivity contribution < 1.29 is 0 Å². The second-order valence-corrected chi connectivity index (χ2v) is 11.1. The lowest BCUT2D eigenvalue weighted by Crippen LogP contribution is -2.59. The molecule has 0 amide bonds. The van der Waals surface area contributed by atoms with Gasteiger partial charge >= 0.3 is 11.1 Å². The van der Waals surface area contributed by atoms with Crippen molar-refractivity contribution in [3.8, 4) is 0 Å². The van der Waals surface area contributed by atoms with Gasteiger partial charge in [-0.25, -0.2) is 0 Å². The molecule has 31 heavy (non-hydrogen) atoms. The molecule has 2 aromatic rings. The third-order valence-electron chi connectivity index (χ3n) is 8.97. The molecule has 1 aromatic heterocycles. The molecule has 2 aliphatic heterocycles. The molecule has 4 fully saturated rings. The first-order valence-electron chi connectivity index (χ1n) is 12.6. The van der Waals surface area contributed by atoms with Crippen molar-refractivity contribution >= 4 is 11.0 Å². The van der Waals surface area contributed by atoms with E-state index >= 15 is 0 Å². The Balaban J connectivity index is 1.31. The van der Waals surface area contributed by atoms with Crippen LogP contribution in [0.3, 0.4) is 0 Å². The third kappa shape index (κ3) is 3.40. The van der Waals surface area contributed by atoms with Crippen molar-refractivity contribution in [1.29, 1.82) is 0 Å². The Morgan fingerprint density at radius 3 is 2.19 bits per heavy atom. The summed E-state index contributed by atoms with van der Waals surface area (Å²) in [5, 5.41) is 0. The Kier molecular flexibility index (Phi) is 4.86. The number of para-hydroxylation sites is 2. The van der Waals surface area contributed by atoms with E-state index in [1.54, 1.807) is 0 Å². The molecule has 4 bridgehead atoms. The number of piperidine rings is 2. The molecule has 0 spiro atoms. The van der Waals surface area contributed by atoms with E-state index < -0.39 is 5.56 Å². The van der Waals surface area contributed by atoms with Gasteiger partial charge in [0.1, 0.15) is 0 Å². The summed E-state index contributed by atoms with van der Waals surface area (Å²) in [6, 6.07) is 9.77. The first-order chi connectivity index (χ1) is 15.1. The van der Waals surface area contributed by atoms with Gasteiger partial charge in [-0.2, -0.15) is 0 Å². The van der Waals surface area contributed by atoms with Crippen molar-refractivity contribution in [2.24, 2.45) is 17.8 Å². The Hall–Kier alpha value is -1.88. The fourth-order valence-corrected chi connectivity index (χ4v) is 8.13. The van der Waals surface area contributed by atoms with E-state index in [2.05, 4.69) is 16.8 Å². The summed E-state index contributed by atoms with van der Waals surface area (Å²) in [4.78, 5) is 31.0. The van der Waals surface area contributed by atoms with Crippen molar-refractivity contribution in [3.05, 3.63) is 45.0 Å². The van der Waals surface area contributed by atoms with Crippen molar-refractivity contribution in [1.82, 2.24) is 14.5 Å². The Morgan fingerprint density at radius 1 is 0.806 bits per heavy atom. The van der Waals surface area contributed by atoms with Gasteiger partial charge in [0.15, 0.2) is 0 Å². The number of benzene rings is 1. The number of nitrogens with one attached hydrogen (secondary N) is 1. The largest absolute Gasteiger partial charge is 0.316 e. The molecule has 2 aliphatic carbocycles. The van der Waals surface area contributed by atoms with Crippen LogP contribution in [0.5, 0.6) is 0 Å². The van der Waals surface area contributed by atoms with Crippen LogP contribution in [0, 0.1) is 17.8 Å². The summed E-state index contributed by atoms with van der Waals surface area (Å²) < 4.78 is 1.84. The predicted octanol–water partition coefficient (Wildman–Crippen LogP) is 4.46. The molecule has 2 saturated heterocycles. The zero-order valence-electron chi connectivity index (χ0n) is 18.6. The topological polar surface area (TPSA) is 58.1 Å². The molecule has 5 nitrogen and oxygen atoms in total. The number of hydrogen-bond donors (Lipinski definition) is 1. The summed E-state index contributed by atoms with van der Waals surface area (Å²) in [6.45, 7) is 2.45. The number of H-pyrrole nitrogens is 1. The number of rotatable bonds is 2. The maximum Gasteiger partial charge on any atom is 0.316 e. The van der Waals surface area contributed by atoms with Crippen LogP contribution in [0.15, 0.2) is 33.9 Å². The summed E-state index contributed by atoms with van der Waals surface area (Å²) in [5.74, 6) is 2.75. The maximum atomic E-state index is 13.0. The molecule has 1 N–H and O–H groups in total. The minimum Gasteiger partial charge on any atom is -0.316 e. The van der Waals surface area contributed by atoms with Crippen LogP contribution < -0.4 is 11.1 Å². The minimum atomic E-state index is -0.486. The van der Waals surface area contributed by atoms with Gasteiger partial charge in [0, 0.05) is 24.2 Å². The molecule has 3 heterocycles. The minimum absolute atomic E-state index is 0.134. The standard InChI is InChI=1S/C26H35N3O2/c1-16-9-17-11-18(10-16)13-21(12-17)28-19-5-4-6-20(28)15-22(14-19)29-24-8-3-2-7-23(24)27-25(30)26(29)31/h2-3,7-8,16-22H,4-6,9-15H2,1H3,(H,27,30)/t16?,17-,18+,19-,20+,21?,22?. The maximum absolute atomic E-state index is 13.0. The predicted molar refractivity (Wildman–Crippen MR) is 123 cm³/mol. The Labute approximate surface area is 183 Å². The summed E-state index contributed by atoms with van der Waals surface area (Å²) in [6.07, 6.45) is 12.9. The van der Waals surface area contributed by atoms with Crippen LogP contribution in [-0.4, -0.2) is 32.6 Å². The van der Waals surface area contributed by atoms with Gasteiger partial charge in [-0.05, 0) is 87.7 Å². The van der Waals surface area contributed by atoms with Crippen LogP contribution in [0.25, 0.3) is 11.0 Å². The molecule has 2 saturated carbocycles. The van der Waals surface area contributed by atoms with E-state index in [0.29, 0.717) is 12.1 Å². The highest BCUT2D eigenvalue weighted by molar-refractivity contribution is 5.74. The van der Waals surface area contributed by atoms with Crippen LogP contribution in [-0.2, 0) is 0 Å². The second kappa shape index (κ2) is 7.61. The van der Waals surface area contributed by atoms with E-state index in [1.165, 1.54) is 51.4 Å². The molecule has 6 rings (SSSR count). The molecule has 7 atom stereocenters. The molecule has 0 radical (unpaired) electrons. The fourth-order valence-electron chi connectivity index (χ4n) is 8.13. The lowest BCUT2D eigenvalue weighted by Gasteiger charge is -2.55. The first kappa shape index (κ1) is 19.8. The lowest BCUT2D eigenvalue weighted by molar-refractivity contribution is -0.0525. The van der Waals surface area contributed by atoms with Gasteiger partial charge in [0.05, 0.1) is 11.0 Å². The van der Waals surface area contributed by atoms with Crippen LogP contribution in [0.1, 0.15) is 77.2 Å². The third-order valence-corrected chi connectivity index (χ3v) is 8.97. The van der Waals surface area contributed by atoms with Gasteiger partial charge in [-0.1, -0.05) is 25.5 Å². The second-order valence-electron chi connectivity index (χ2n) is 11.1. The molecule has 166 valence electrons. The van der Waals surface area contributed by atoms with Crippen LogP contribution >= 0.6 is 0 Å². The molecule has 5 heteroatoms. The number of nitrogens with zero attached hydrogens (tertiary/aromatic N) is 2. The van der Waals surface area contributed by atoms with E-state index in [-0.39, 0.29) is 11.6 Å². The van der Waals surface area contributed by atoms with Gasteiger partial charge in [-0.3, -0.25) is 19.1 Å². The Morgan fingerprint density at radius 2 is 1.48 bits per heavy atom. The summed E-state index contributed by atoms with van der Waals surface area (Å²) in [7, 11) is 0. The molecule has 3 unspecified atom stereocenters. The van der Waals surface area contributed by atoms with E-state index in [4.69, 9.17) is 0 Å². The molecule has 4 aliphatic rings. The SMILES string of the molecule is CC1C[C@@H]2CC(N3[C@@H]4CCC[C@H]3CC(n3c(=O)c(=O)[nH]c5ccccc53)C4)C[C@H](C1)C2. The highest BCUT2D eigenvalue weighted by Crippen LogP contribution is 2.48. The van der Waals surface area contributed by atoms with Crippen molar-refractivity contribution in [3.63, 3.8) is 0 Å². The smallest absolute Gasteiger partial charge is 0.316 e. The van der Waals surface area contributed by atoms with E-state index in [1.807, 2.05) is 28.8 Å². The fraction of sp³-hybridized carbons (Fsp3) is 0.692. The summed E-state index contributed by atoms with van der Waals surface area (Å²) >= 11 is 0. The average Bonchev–Trinajstić information content (AvgIpc) is 2.73. The number of fused-ring (bicyclic) bond motifs is 5. The van der Waals surface area contributed by atoms with Crippen LogP contribution in [0.4, 0.5) is 0 Å². The summed E-state index contributed by atoms with van der Waals surface area (Å²) in [5.41, 5.74) is 0.788. The quantitative estimate of drug-likeness (QED) is 0.728. The lowest BCUT2D eigenvalue weighted by atomic mass is 9.65. The number of aromatic amines is 1. The van der Waals surface area contributed by atoms with Crippen LogP contribution in [0.2, 0.25) is 0 Å². The molecular formula is C26H35N3O2. The van der Waals surface area contributed by atoms with Crippen molar-refractivity contribution in [2.75, 3.05) is 0 Å². The van der Waals surface area contributed by atoms with Gasteiger partial charge in [0.25, 0.3) is 0 Å². The van der Waals surface area contributed by atoms with Gasteiger partial charge < -0.3 is 4.98 Å². The zero-order valence-corrected chi connectivity index (χ0v) is 18.6. The zero-order chi connectivity index (χ0) is 21.1. The average molecular weight is 422 g/mol. The molecular weight excluding hydrogens is 386 g/mol. The van der Waals surface area contributed by atoms with Gasteiger partial charge in [-0.15, -0.1) is 0 Å². The Bertz CT molecular complexity index is 1060. The number of hydrogen-bond acceptors (Lipinski definition) is 3. The monoisotopic (exact) mass is 421 g/mol. The molecule has 1 aromatic carbocycles. The van der Waals surface area contributed by atoms with Gasteiger partial charge in [0.2, 0.25) is 0 Å². The van der Waals surface area contributed by atoms with E-state index in [0.717, 1.165) is 47.7 Å². The number of aromatic nitrogens is 2. The normalized spacial score (nSPS) is 38.3. The van der Waals surface area contributed by atoms with E-state index in [9.17, 15) is 9.59 Å².